The van der Waals surface area contributed by atoms with Gasteiger partial charge in [-0.1, -0.05) is 12.8 Å². The zero-order valence-corrected chi connectivity index (χ0v) is 11.5. The number of ether oxygens (including phenoxy) is 2. The molecular formula is C15H26O3. The summed E-state index contributed by atoms with van der Waals surface area (Å²) in [6.07, 6.45) is 7.91. The second kappa shape index (κ2) is 7.25. The lowest BCUT2D eigenvalue weighted by molar-refractivity contribution is -0.122. The lowest BCUT2D eigenvalue weighted by Crippen LogP contribution is -2.16. The molecule has 104 valence electrons. The van der Waals surface area contributed by atoms with Gasteiger partial charge < -0.3 is 9.47 Å². The van der Waals surface area contributed by atoms with Crippen LogP contribution in [-0.4, -0.2) is 31.7 Å². The number of unbranched alkanes of at least 4 members (excludes halogenated alkanes) is 1. The smallest absolute Gasteiger partial charge is 0.138 e. The summed E-state index contributed by atoms with van der Waals surface area (Å²) in [7, 11) is 0. The molecule has 2 aliphatic rings. The van der Waals surface area contributed by atoms with Crippen molar-refractivity contribution in [2.24, 2.45) is 11.8 Å². The molecule has 0 N–H and O–H groups in total. The summed E-state index contributed by atoms with van der Waals surface area (Å²) < 4.78 is 10.8. The van der Waals surface area contributed by atoms with Crippen molar-refractivity contribution >= 4 is 5.78 Å². The molecule has 2 heterocycles. The standard InChI is InChI=1S/C15H26O3/c1-12-10-14(11-18-12)15(16)5-3-2-4-13-6-8-17-9-7-13/h12-14H,2-11H2,1H3. The predicted molar refractivity (Wildman–Crippen MR) is 70.5 cm³/mol. The van der Waals surface area contributed by atoms with Crippen LogP contribution in [0.15, 0.2) is 0 Å². The molecule has 0 radical (unpaired) electrons. The van der Waals surface area contributed by atoms with Gasteiger partial charge in [0.25, 0.3) is 0 Å². The Morgan fingerprint density at radius 3 is 2.67 bits per heavy atom. The molecule has 2 atom stereocenters. The third-order valence-electron chi connectivity index (χ3n) is 4.28. The van der Waals surface area contributed by atoms with E-state index in [1.165, 1.54) is 25.7 Å². The summed E-state index contributed by atoms with van der Waals surface area (Å²) in [6.45, 7) is 4.57. The van der Waals surface area contributed by atoms with Crippen molar-refractivity contribution in [3.8, 4) is 0 Å². The predicted octanol–water partition coefficient (Wildman–Crippen LogP) is 2.97. The summed E-state index contributed by atoms with van der Waals surface area (Å²) in [6, 6.07) is 0. The molecule has 0 amide bonds. The van der Waals surface area contributed by atoms with E-state index in [1.807, 2.05) is 0 Å². The summed E-state index contributed by atoms with van der Waals surface area (Å²) in [5, 5.41) is 0. The maximum absolute atomic E-state index is 11.9. The van der Waals surface area contributed by atoms with E-state index >= 15 is 0 Å². The van der Waals surface area contributed by atoms with Crippen molar-refractivity contribution in [1.82, 2.24) is 0 Å². The van der Waals surface area contributed by atoms with Gasteiger partial charge in [-0.2, -0.15) is 0 Å². The van der Waals surface area contributed by atoms with Crippen molar-refractivity contribution in [1.29, 1.82) is 0 Å². The monoisotopic (exact) mass is 254 g/mol. The van der Waals surface area contributed by atoms with E-state index in [9.17, 15) is 4.79 Å². The molecule has 0 saturated carbocycles. The van der Waals surface area contributed by atoms with E-state index < -0.39 is 0 Å². The fourth-order valence-corrected chi connectivity index (χ4v) is 3.01. The first-order valence-electron chi connectivity index (χ1n) is 7.47. The lowest BCUT2D eigenvalue weighted by atomic mass is 9.92. The van der Waals surface area contributed by atoms with Gasteiger partial charge in [-0.25, -0.2) is 0 Å². The normalized spacial score (nSPS) is 29.6. The number of Topliss-reactive ketones (excluding diaryl/α,β-unsaturated/α-hetero) is 1. The molecule has 2 rings (SSSR count). The van der Waals surface area contributed by atoms with E-state index in [2.05, 4.69) is 6.92 Å². The van der Waals surface area contributed by atoms with Gasteiger partial charge in [0.05, 0.1) is 12.7 Å². The first kappa shape index (κ1) is 14.0. The van der Waals surface area contributed by atoms with Crippen LogP contribution in [0.3, 0.4) is 0 Å². The highest BCUT2D eigenvalue weighted by molar-refractivity contribution is 5.81. The van der Waals surface area contributed by atoms with Gasteiger partial charge in [-0.05, 0) is 38.5 Å². The molecule has 2 aliphatic heterocycles. The van der Waals surface area contributed by atoms with E-state index in [4.69, 9.17) is 9.47 Å². The SMILES string of the molecule is CC1CC(C(=O)CCCCC2CCOCC2)CO1. The molecule has 0 spiro atoms. The van der Waals surface area contributed by atoms with Crippen LogP contribution in [0.25, 0.3) is 0 Å². The van der Waals surface area contributed by atoms with Crippen LogP contribution in [0, 0.1) is 11.8 Å². The van der Waals surface area contributed by atoms with Crippen LogP contribution in [0.2, 0.25) is 0 Å². The Balaban J connectivity index is 1.53. The fraction of sp³-hybridized carbons (Fsp3) is 0.933. The van der Waals surface area contributed by atoms with E-state index in [-0.39, 0.29) is 12.0 Å². The molecule has 0 aromatic rings. The van der Waals surface area contributed by atoms with Crippen LogP contribution < -0.4 is 0 Å². The maximum atomic E-state index is 11.9. The molecule has 18 heavy (non-hydrogen) atoms. The Morgan fingerprint density at radius 2 is 2.00 bits per heavy atom. The number of hydrogen-bond donors (Lipinski definition) is 0. The number of carbonyl (C=O) groups is 1. The average molecular weight is 254 g/mol. The molecule has 3 heteroatoms. The maximum Gasteiger partial charge on any atom is 0.138 e. The largest absolute Gasteiger partial charge is 0.381 e. The van der Waals surface area contributed by atoms with Crippen LogP contribution in [0.5, 0.6) is 0 Å². The minimum absolute atomic E-state index is 0.183. The minimum atomic E-state index is 0.183. The summed E-state index contributed by atoms with van der Waals surface area (Å²) in [5.74, 6) is 1.44. The summed E-state index contributed by atoms with van der Waals surface area (Å²) >= 11 is 0. The van der Waals surface area contributed by atoms with E-state index in [0.29, 0.717) is 12.4 Å². The van der Waals surface area contributed by atoms with Crippen LogP contribution >= 0.6 is 0 Å². The zero-order chi connectivity index (χ0) is 12.8. The van der Waals surface area contributed by atoms with Gasteiger partial charge in [0.1, 0.15) is 5.78 Å². The second-order valence-corrected chi connectivity index (χ2v) is 5.84. The van der Waals surface area contributed by atoms with E-state index in [1.54, 1.807) is 0 Å². The van der Waals surface area contributed by atoms with Gasteiger partial charge in [-0.3, -0.25) is 4.79 Å². The first-order valence-corrected chi connectivity index (χ1v) is 7.47. The highest BCUT2D eigenvalue weighted by Gasteiger charge is 2.27. The first-order chi connectivity index (χ1) is 8.75. The topological polar surface area (TPSA) is 35.5 Å². The molecule has 2 fully saturated rings. The minimum Gasteiger partial charge on any atom is -0.381 e. The molecule has 2 unspecified atom stereocenters. The quantitative estimate of drug-likeness (QED) is 0.684. The summed E-state index contributed by atoms with van der Waals surface area (Å²) in [4.78, 5) is 11.9. The Morgan fingerprint density at radius 1 is 1.22 bits per heavy atom. The van der Waals surface area contributed by atoms with Crippen molar-refractivity contribution in [2.45, 2.75) is 58.0 Å². The van der Waals surface area contributed by atoms with Crippen molar-refractivity contribution in [3.63, 3.8) is 0 Å². The lowest BCUT2D eigenvalue weighted by Gasteiger charge is -2.21. The van der Waals surface area contributed by atoms with Gasteiger partial charge in [0.2, 0.25) is 0 Å². The average Bonchev–Trinajstić information content (AvgIpc) is 2.82. The van der Waals surface area contributed by atoms with Crippen molar-refractivity contribution < 1.29 is 14.3 Å². The molecule has 0 aliphatic carbocycles. The van der Waals surface area contributed by atoms with Gasteiger partial charge in [0.15, 0.2) is 0 Å². The molecular weight excluding hydrogens is 228 g/mol. The van der Waals surface area contributed by atoms with Gasteiger partial charge in [0, 0.05) is 25.6 Å². The Bertz CT molecular complexity index is 258. The highest BCUT2D eigenvalue weighted by Crippen LogP contribution is 2.24. The fourth-order valence-electron chi connectivity index (χ4n) is 3.01. The van der Waals surface area contributed by atoms with Crippen LogP contribution in [-0.2, 0) is 14.3 Å². The molecule has 0 bridgehead atoms. The number of carbonyl (C=O) groups excluding carboxylic acids is 1. The molecule has 2 saturated heterocycles. The number of ketones is 1. The van der Waals surface area contributed by atoms with Crippen molar-refractivity contribution in [2.75, 3.05) is 19.8 Å². The highest BCUT2D eigenvalue weighted by atomic mass is 16.5. The Hall–Kier alpha value is -0.410. The number of hydrogen-bond acceptors (Lipinski definition) is 3. The summed E-state index contributed by atoms with van der Waals surface area (Å²) in [5.41, 5.74) is 0. The zero-order valence-electron chi connectivity index (χ0n) is 11.5. The van der Waals surface area contributed by atoms with Crippen LogP contribution in [0.1, 0.15) is 51.9 Å². The van der Waals surface area contributed by atoms with Gasteiger partial charge in [-0.15, -0.1) is 0 Å². The Labute approximate surface area is 110 Å². The third kappa shape index (κ3) is 4.36. The third-order valence-corrected chi connectivity index (χ3v) is 4.28. The van der Waals surface area contributed by atoms with Crippen molar-refractivity contribution in [3.05, 3.63) is 0 Å². The Kier molecular flexibility index (Phi) is 5.64. The second-order valence-electron chi connectivity index (χ2n) is 5.84. The van der Waals surface area contributed by atoms with Gasteiger partial charge >= 0.3 is 0 Å². The molecule has 3 nitrogen and oxygen atoms in total. The van der Waals surface area contributed by atoms with Crippen LogP contribution in [0.4, 0.5) is 0 Å². The molecule has 0 aromatic heterocycles. The van der Waals surface area contributed by atoms with E-state index in [0.717, 1.165) is 38.4 Å². The molecule has 0 aromatic carbocycles. The number of rotatable bonds is 6.